The molecule has 0 atom stereocenters. The molecule has 6 nitrogen and oxygen atoms in total. The lowest BCUT2D eigenvalue weighted by molar-refractivity contribution is 0.565. The fraction of sp³-hybridized carbons (Fsp3) is 0.533. The average Bonchev–Trinajstić information content (AvgIpc) is 2.80. The standard InChI is InChI=1S/C15H21BrN4O2/c1-5-6-8-20-13(21)11-12(18(4)15(20)22)17-14(16)19(11)9-7-10(2)3/h7H,5-6,8-9H2,1-4H3. The fourth-order valence-corrected chi connectivity index (χ4v) is 2.79. The van der Waals surface area contributed by atoms with Crippen LogP contribution in [0, 0.1) is 0 Å². The molecule has 0 spiro atoms. The molecule has 0 saturated heterocycles. The Kier molecular flexibility index (Phi) is 5.05. The maximum atomic E-state index is 12.7. The summed E-state index contributed by atoms with van der Waals surface area (Å²) in [6.07, 6.45) is 3.74. The molecule has 0 saturated carbocycles. The van der Waals surface area contributed by atoms with Gasteiger partial charge in [0.2, 0.25) is 0 Å². The first-order valence-electron chi connectivity index (χ1n) is 7.37. The molecule has 0 aliphatic carbocycles. The number of fused-ring (bicyclic) bond motifs is 1. The quantitative estimate of drug-likeness (QED) is 0.601. The third kappa shape index (κ3) is 2.95. The van der Waals surface area contributed by atoms with Crippen molar-refractivity contribution in [2.75, 3.05) is 0 Å². The van der Waals surface area contributed by atoms with Gasteiger partial charge in [-0.1, -0.05) is 25.0 Å². The molecule has 2 heterocycles. The number of rotatable bonds is 5. The number of unbranched alkanes of at least 4 members (excludes halogenated alkanes) is 1. The zero-order chi connectivity index (χ0) is 16.4. The van der Waals surface area contributed by atoms with E-state index in [1.807, 2.05) is 26.8 Å². The zero-order valence-electron chi connectivity index (χ0n) is 13.4. The highest BCUT2D eigenvalue weighted by atomic mass is 79.9. The van der Waals surface area contributed by atoms with Crippen molar-refractivity contribution in [1.82, 2.24) is 18.7 Å². The number of allylic oxidation sites excluding steroid dienone is 2. The largest absolute Gasteiger partial charge is 0.332 e. The summed E-state index contributed by atoms with van der Waals surface area (Å²) in [7, 11) is 1.65. The average molecular weight is 369 g/mol. The third-order valence-corrected chi connectivity index (χ3v) is 4.21. The van der Waals surface area contributed by atoms with Gasteiger partial charge < -0.3 is 4.57 Å². The lowest BCUT2D eigenvalue weighted by atomic mass is 10.3. The first-order valence-corrected chi connectivity index (χ1v) is 8.16. The Balaban J connectivity index is 2.76. The van der Waals surface area contributed by atoms with Gasteiger partial charge in [0.25, 0.3) is 5.56 Å². The highest BCUT2D eigenvalue weighted by Crippen LogP contribution is 2.16. The van der Waals surface area contributed by atoms with Crippen molar-refractivity contribution in [3.63, 3.8) is 0 Å². The summed E-state index contributed by atoms with van der Waals surface area (Å²) in [5, 5.41) is 0. The summed E-state index contributed by atoms with van der Waals surface area (Å²) >= 11 is 3.39. The van der Waals surface area contributed by atoms with Crippen molar-refractivity contribution >= 4 is 27.1 Å². The number of aryl methyl sites for hydroxylation is 1. The number of aromatic nitrogens is 4. The van der Waals surface area contributed by atoms with Gasteiger partial charge in [-0.3, -0.25) is 13.9 Å². The number of halogens is 1. The van der Waals surface area contributed by atoms with Gasteiger partial charge in [-0.15, -0.1) is 0 Å². The van der Waals surface area contributed by atoms with E-state index in [1.54, 1.807) is 11.6 Å². The molecule has 2 aromatic rings. The van der Waals surface area contributed by atoms with Crippen LogP contribution >= 0.6 is 15.9 Å². The fourth-order valence-electron chi connectivity index (χ4n) is 2.30. The van der Waals surface area contributed by atoms with Crippen LogP contribution in [0.2, 0.25) is 0 Å². The van der Waals surface area contributed by atoms with Crippen LogP contribution in [0.3, 0.4) is 0 Å². The van der Waals surface area contributed by atoms with E-state index in [4.69, 9.17) is 0 Å². The van der Waals surface area contributed by atoms with Gasteiger partial charge in [-0.2, -0.15) is 0 Å². The minimum atomic E-state index is -0.315. The monoisotopic (exact) mass is 368 g/mol. The Morgan fingerprint density at radius 2 is 1.95 bits per heavy atom. The Bertz CT molecular complexity index is 838. The molecule has 0 amide bonds. The van der Waals surface area contributed by atoms with Crippen molar-refractivity contribution in [1.29, 1.82) is 0 Å². The molecule has 0 bridgehead atoms. The topological polar surface area (TPSA) is 61.8 Å². The summed E-state index contributed by atoms with van der Waals surface area (Å²) in [4.78, 5) is 29.4. The Labute approximate surface area is 137 Å². The van der Waals surface area contributed by atoms with Gasteiger partial charge in [0.05, 0.1) is 0 Å². The second kappa shape index (κ2) is 6.64. The van der Waals surface area contributed by atoms with Crippen LogP contribution in [-0.4, -0.2) is 18.7 Å². The molecule has 2 rings (SSSR count). The molecule has 0 radical (unpaired) electrons. The summed E-state index contributed by atoms with van der Waals surface area (Å²) in [6.45, 7) is 7.01. The van der Waals surface area contributed by atoms with E-state index in [0.29, 0.717) is 29.0 Å². The zero-order valence-corrected chi connectivity index (χ0v) is 15.0. The summed E-state index contributed by atoms with van der Waals surface area (Å²) in [6, 6.07) is 0. The minimum absolute atomic E-state index is 0.271. The van der Waals surface area contributed by atoms with Gasteiger partial charge in [0.15, 0.2) is 15.9 Å². The highest BCUT2D eigenvalue weighted by molar-refractivity contribution is 9.10. The van der Waals surface area contributed by atoms with Crippen molar-refractivity contribution in [2.45, 2.75) is 46.7 Å². The van der Waals surface area contributed by atoms with E-state index < -0.39 is 0 Å². The van der Waals surface area contributed by atoms with Crippen LogP contribution in [0.5, 0.6) is 0 Å². The molecule has 0 N–H and O–H groups in total. The van der Waals surface area contributed by atoms with Gasteiger partial charge in [-0.05, 0) is 36.2 Å². The van der Waals surface area contributed by atoms with E-state index in [1.165, 1.54) is 9.13 Å². The first kappa shape index (κ1) is 16.7. The van der Waals surface area contributed by atoms with Gasteiger partial charge >= 0.3 is 5.69 Å². The maximum Gasteiger partial charge on any atom is 0.332 e. The van der Waals surface area contributed by atoms with Crippen LogP contribution in [-0.2, 0) is 20.1 Å². The second-order valence-corrected chi connectivity index (χ2v) is 6.31. The van der Waals surface area contributed by atoms with Gasteiger partial charge in [0.1, 0.15) is 0 Å². The van der Waals surface area contributed by atoms with E-state index in [-0.39, 0.29) is 11.2 Å². The Hall–Kier alpha value is -1.63. The van der Waals surface area contributed by atoms with Crippen LogP contribution in [0.15, 0.2) is 26.0 Å². The van der Waals surface area contributed by atoms with E-state index in [0.717, 1.165) is 18.4 Å². The van der Waals surface area contributed by atoms with E-state index in [2.05, 4.69) is 20.9 Å². The van der Waals surface area contributed by atoms with Crippen LogP contribution in [0.4, 0.5) is 0 Å². The number of nitrogens with zero attached hydrogens (tertiary/aromatic N) is 4. The molecule has 22 heavy (non-hydrogen) atoms. The van der Waals surface area contributed by atoms with Crippen molar-refractivity contribution in [3.8, 4) is 0 Å². The van der Waals surface area contributed by atoms with Crippen LogP contribution < -0.4 is 11.2 Å². The lowest BCUT2D eigenvalue weighted by Crippen LogP contribution is -2.39. The Morgan fingerprint density at radius 3 is 2.55 bits per heavy atom. The van der Waals surface area contributed by atoms with E-state index >= 15 is 0 Å². The summed E-state index contributed by atoms with van der Waals surface area (Å²) in [5.74, 6) is 0. The van der Waals surface area contributed by atoms with Crippen LogP contribution in [0.25, 0.3) is 11.2 Å². The number of imidazole rings is 1. The SMILES string of the molecule is CCCCn1c(=O)c2c(nc(Br)n2CC=C(C)C)n(C)c1=O. The normalized spacial score (nSPS) is 11.1. The Morgan fingerprint density at radius 1 is 1.27 bits per heavy atom. The molecule has 0 aliphatic heterocycles. The smallest absolute Gasteiger partial charge is 0.309 e. The molecular formula is C15H21BrN4O2. The molecule has 0 fully saturated rings. The molecule has 0 aliphatic rings. The lowest BCUT2D eigenvalue weighted by Gasteiger charge is -2.08. The molecule has 2 aromatic heterocycles. The summed E-state index contributed by atoms with van der Waals surface area (Å²) in [5.41, 5.74) is 1.45. The molecule has 0 unspecified atom stereocenters. The predicted octanol–water partition coefficient (Wildman–Crippen LogP) is 2.43. The van der Waals surface area contributed by atoms with Crippen molar-refractivity contribution in [2.24, 2.45) is 7.05 Å². The first-order chi connectivity index (χ1) is 10.4. The molecule has 120 valence electrons. The molecule has 0 aromatic carbocycles. The van der Waals surface area contributed by atoms with E-state index in [9.17, 15) is 9.59 Å². The highest BCUT2D eigenvalue weighted by Gasteiger charge is 2.18. The maximum absolute atomic E-state index is 12.7. The third-order valence-electron chi connectivity index (χ3n) is 3.60. The van der Waals surface area contributed by atoms with Crippen molar-refractivity contribution in [3.05, 3.63) is 37.2 Å². The summed E-state index contributed by atoms with van der Waals surface area (Å²) < 4.78 is 5.10. The second-order valence-electron chi connectivity index (χ2n) is 5.60. The van der Waals surface area contributed by atoms with Crippen molar-refractivity contribution < 1.29 is 0 Å². The molecule has 7 heteroatoms. The predicted molar refractivity (Wildman–Crippen MR) is 91.3 cm³/mol. The number of hydrogen-bond donors (Lipinski definition) is 0. The molecular weight excluding hydrogens is 348 g/mol. The van der Waals surface area contributed by atoms with Gasteiger partial charge in [0, 0.05) is 20.1 Å². The minimum Gasteiger partial charge on any atom is -0.309 e. The van der Waals surface area contributed by atoms with Crippen LogP contribution in [0.1, 0.15) is 33.6 Å². The van der Waals surface area contributed by atoms with Gasteiger partial charge in [-0.25, -0.2) is 9.78 Å². The number of hydrogen-bond acceptors (Lipinski definition) is 3.